The number of carbonyl (C=O) groups excluding carboxylic acids is 1. The Kier molecular flexibility index (Phi) is 5.05. The van der Waals surface area contributed by atoms with E-state index < -0.39 is 0 Å². The van der Waals surface area contributed by atoms with Crippen LogP contribution in [-0.2, 0) is 0 Å². The summed E-state index contributed by atoms with van der Waals surface area (Å²) in [6.07, 6.45) is 0. The van der Waals surface area contributed by atoms with E-state index in [1.807, 2.05) is 24.3 Å². The molecule has 1 heterocycles. The zero-order valence-corrected chi connectivity index (χ0v) is 11.7. The molecule has 0 bridgehead atoms. The first-order valence-corrected chi connectivity index (χ1v) is 6.48. The lowest BCUT2D eigenvalue weighted by atomic mass is 10.3. The van der Waals surface area contributed by atoms with Gasteiger partial charge in [-0.25, -0.2) is 0 Å². The van der Waals surface area contributed by atoms with Gasteiger partial charge in [0.1, 0.15) is 12.4 Å². The Labute approximate surface area is 122 Å². The molecule has 2 aromatic rings. The van der Waals surface area contributed by atoms with E-state index in [1.54, 1.807) is 19.2 Å². The highest BCUT2D eigenvalue weighted by Crippen LogP contribution is 2.18. The number of rotatable bonds is 6. The van der Waals surface area contributed by atoms with Crippen molar-refractivity contribution in [1.29, 1.82) is 0 Å². The molecule has 110 valence electrons. The first kappa shape index (κ1) is 14.7. The Morgan fingerprint density at radius 1 is 1.19 bits per heavy atom. The molecule has 0 aliphatic heterocycles. The smallest absolute Gasteiger partial charge is 0.271 e. The lowest BCUT2D eigenvalue weighted by molar-refractivity contribution is 0.0957. The molecule has 0 aliphatic carbocycles. The number of benzene rings is 1. The van der Waals surface area contributed by atoms with Crippen LogP contribution in [0, 0.1) is 0 Å². The van der Waals surface area contributed by atoms with Crippen LogP contribution in [0.2, 0.25) is 0 Å². The van der Waals surface area contributed by atoms with Crippen molar-refractivity contribution in [2.75, 3.05) is 25.5 Å². The number of amides is 1. The average Bonchev–Trinajstić information content (AvgIpc) is 2.54. The summed E-state index contributed by atoms with van der Waals surface area (Å²) >= 11 is 0. The Morgan fingerprint density at radius 2 is 1.95 bits per heavy atom. The second kappa shape index (κ2) is 7.20. The molecular weight excluding hydrogens is 270 g/mol. The minimum Gasteiger partial charge on any atom is -0.492 e. The minimum absolute atomic E-state index is 0.268. The number of nitrogens with two attached hydrogens (primary N) is 1. The van der Waals surface area contributed by atoms with Crippen LogP contribution in [0.4, 0.5) is 11.5 Å². The highest BCUT2D eigenvalue weighted by Gasteiger charge is 2.05. The van der Waals surface area contributed by atoms with Crippen molar-refractivity contribution < 1.29 is 9.53 Å². The van der Waals surface area contributed by atoms with Crippen molar-refractivity contribution in [2.24, 2.45) is 5.73 Å². The van der Waals surface area contributed by atoms with Crippen molar-refractivity contribution >= 4 is 17.4 Å². The summed E-state index contributed by atoms with van der Waals surface area (Å²) in [6, 6.07) is 10.7. The van der Waals surface area contributed by atoms with Gasteiger partial charge in [-0.1, -0.05) is 0 Å². The summed E-state index contributed by atoms with van der Waals surface area (Å²) in [5.74, 6) is 1.04. The van der Waals surface area contributed by atoms with Gasteiger partial charge in [0.15, 0.2) is 11.5 Å². The highest BCUT2D eigenvalue weighted by molar-refractivity contribution is 5.91. The van der Waals surface area contributed by atoms with E-state index in [4.69, 9.17) is 10.5 Å². The standard InChI is InChI=1S/C14H17N5O2/c1-16-14(20)12-6-7-13(19-18-12)17-10-2-4-11(5-3-10)21-9-8-15/h2-7H,8-9,15H2,1H3,(H,16,20)(H,17,19). The van der Waals surface area contributed by atoms with E-state index in [9.17, 15) is 4.79 Å². The van der Waals surface area contributed by atoms with E-state index >= 15 is 0 Å². The van der Waals surface area contributed by atoms with Crippen LogP contribution in [0.15, 0.2) is 36.4 Å². The van der Waals surface area contributed by atoms with E-state index in [1.165, 1.54) is 0 Å². The third-order valence-electron chi connectivity index (χ3n) is 2.64. The minimum atomic E-state index is -0.268. The molecule has 0 fully saturated rings. The monoisotopic (exact) mass is 287 g/mol. The predicted molar refractivity (Wildman–Crippen MR) is 79.7 cm³/mol. The van der Waals surface area contributed by atoms with Crippen LogP contribution < -0.4 is 21.1 Å². The van der Waals surface area contributed by atoms with Crippen LogP contribution in [0.5, 0.6) is 5.75 Å². The summed E-state index contributed by atoms with van der Waals surface area (Å²) < 4.78 is 5.39. The molecule has 7 heteroatoms. The van der Waals surface area contributed by atoms with E-state index in [2.05, 4.69) is 20.8 Å². The van der Waals surface area contributed by atoms with Crippen LogP contribution in [0.3, 0.4) is 0 Å². The fourth-order valence-corrected chi connectivity index (χ4v) is 1.61. The fourth-order valence-electron chi connectivity index (χ4n) is 1.61. The van der Waals surface area contributed by atoms with Gasteiger partial charge in [0.2, 0.25) is 0 Å². The van der Waals surface area contributed by atoms with E-state index in [0.29, 0.717) is 19.0 Å². The van der Waals surface area contributed by atoms with Gasteiger partial charge in [-0.2, -0.15) is 0 Å². The number of nitrogens with one attached hydrogen (secondary N) is 2. The van der Waals surface area contributed by atoms with Crippen LogP contribution in [-0.4, -0.2) is 36.3 Å². The number of nitrogens with zero attached hydrogens (tertiary/aromatic N) is 2. The molecule has 1 aromatic carbocycles. The average molecular weight is 287 g/mol. The first-order valence-electron chi connectivity index (χ1n) is 6.48. The number of aromatic nitrogens is 2. The summed E-state index contributed by atoms with van der Waals surface area (Å²) in [5.41, 5.74) is 6.49. The van der Waals surface area contributed by atoms with Gasteiger partial charge < -0.3 is 21.1 Å². The third kappa shape index (κ3) is 4.15. The molecular formula is C14H17N5O2. The molecule has 21 heavy (non-hydrogen) atoms. The van der Waals surface area contributed by atoms with E-state index in [-0.39, 0.29) is 11.6 Å². The largest absolute Gasteiger partial charge is 0.492 e. The van der Waals surface area contributed by atoms with Crippen molar-refractivity contribution in [3.8, 4) is 5.75 Å². The summed E-state index contributed by atoms with van der Waals surface area (Å²) in [4.78, 5) is 11.4. The van der Waals surface area contributed by atoms with Gasteiger partial charge >= 0.3 is 0 Å². The highest BCUT2D eigenvalue weighted by atomic mass is 16.5. The lowest BCUT2D eigenvalue weighted by Gasteiger charge is -2.07. The molecule has 0 spiro atoms. The van der Waals surface area contributed by atoms with Crippen molar-refractivity contribution in [3.05, 3.63) is 42.1 Å². The van der Waals surface area contributed by atoms with Gasteiger partial charge in [0, 0.05) is 19.3 Å². The van der Waals surface area contributed by atoms with Crippen molar-refractivity contribution in [3.63, 3.8) is 0 Å². The summed E-state index contributed by atoms with van der Waals surface area (Å²) in [7, 11) is 1.55. The molecule has 0 aliphatic rings. The maximum atomic E-state index is 11.4. The SMILES string of the molecule is CNC(=O)c1ccc(Nc2ccc(OCCN)cc2)nn1. The van der Waals surface area contributed by atoms with Crippen molar-refractivity contribution in [2.45, 2.75) is 0 Å². The molecule has 1 amide bonds. The quantitative estimate of drug-likeness (QED) is 0.730. The number of anilines is 2. The lowest BCUT2D eigenvalue weighted by Crippen LogP contribution is -2.19. The van der Waals surface area contributed by atoms with Gasteiger partial charge in [0.05, 0.1) is 0 Å². The Balaban J connectivity index is 1.99. The van der Waals surface area contributed by atoms with Gasteiger partial charge in [0.25, 0.3) is 5.91 Å². The molecule has 0 atom stereocenters. The Morgan fingerprint density at radius 3 is 2.52 bits per heavy atom. The molecule has 2 rings (SSSR count). The zero-order chi connectivity index (χ0) is 15.1. The molecule has 7 nitrogen and oxygen atoms in total. The zero-order valence-electron chi connectivity index (χ0n) is 11.7. The predicted octanol–water partition coefficient (Wildman–Crippen LogP) is 0.917. The second-order valence-corrected chi connectivity index (χ2v) is 4.17. The summed E-state index contributed by atoms with van der Waals surface area (Å²) in [6.45, 7) is 0.965. The van der Waals surface area contributed by atoms with Crippen molar-refractivity contribution in [1.82, 2.24) is 15.5 Å². The van der Waals surface area contributed by atoms with Gasteiger partial charge in [-0.3, -0.25) is 4.79 Å². The molecule has 0 saturated carbocycles. The normalized spacial score (nSPS) is 10.0. The molecule has 1 aromatic heterocycles. The molecule has 0 unspecified atom stereocenters. The van der Waals surface area contributed by atoms with E-state index in [0.717, 1.165) is 11.4 Å². The third-order valence-corrected chi connectivity index (χ3v) is 2.64. The molecule has 0 saturated heterocycles. The molecule has 0 radical (unpaired) electrons. The second-order valence-electron chi connectivity index (χ2n) is 4.17. The maximum absolute atomic E-state index is 11.4. The maximum Gasteiger partial charge on any atom is 0.271 e. The number of hydrogen-bond acceptors (Lipinski definition) is 6. The topological polar surface area (TPSA) is 102 Å². The number of hydrogen-bond donors (Lipinski definition) is 3. The Bertz CT molecular complexity index is 583. The van der Waals surface area contributed by atoms with Crippen LogP contribution in [0.25, 0.3) is 0 Å². The fraction of sp³-hybridized carbons (Fsp3) is 0.214. The van der Waals surface area contributed by atoms with Gasteiger partial charge in [-0.05, 0) is 36.4 Å². The summed E-state index contributed by atoms with van der Waals surface area (Å²) in [5, 5.41) is 13.4. The first-order chi connectivity index (χ1) is 10.2. The molecule has 4 N–H and O–H groups in total. The van der Waals surface area contributed by atoms with Crippen LogP contribution >= 0.6 is 0 Å². The number of ether oxygens (including phenoxy) is 1. The van der Waals surface area contributed by atoms with Gasteiger partial charge in [-0.15, -0.1) is 10.2 Å². The van der Waals surface area contributed by atoms with Crippen LogP contribution in [0.1, 0.15) is 10.5 Å². The number of carbonyl (C=O) groups is 1. The Hall–Kier alpha value is -2.67.